The number of benzene rings is 2. The van der Waals surface area contributed by atoms with Gasteiger partial charge in [-0.1, -0.05) is 31.2 Å². The average molecular weight is 396 g/mol. The van der Waals surface area contributed by atoms with E-state index in [0.29, 0.717) is 18.7 Å². The molecule has 0 radical (unpaired) electrons. The molecule has 0 aliphatic carbocycles. The van der Waals surface area contributed by atoms with Crippen LogP contribution in [-0.2, 0) is 20.7 Å². The fourth-order valence-electron chi connectivity index (χ4n) is 3.32. The molecule has 0 fully saturated rings. The van der Waals surface area contributed by atoms with Crippen LogP contribution in [-0.4, -0.2) is 37.2 Å². The van der Waals surface area contributed by atoms with E-state index in [-0.39, 0.29) is 19.1 Å². The topological polar surface area (TPSA) is 67.9 Å². The van der Waals surface area contributed by atoms with E-state index in [9.17, 15) is 9.59 Å². The number of aryl methyl sites for hydroxylation is 1. The number of anilines is 2. The van der Waals surface area contributed by atoms with Crippen molar-refractivity contribution in [1.29, 1.82) is 0 Å². The van der Waals surface area contributed by atoms with Crippen LogP contribution in [0.4, 0.5) is 11.4 Å². The number of ether oxygens (including phenoxy) is 2. The van der Waals surface area contributed by atoms with E-state index in [4.69, 9.17) is 9.47 Å². The zero-order chi connectivity index (χ0) is 20.9. The molecule has 0 aromatic heterocycles. The second-order valence-corrected chi connectivity index (χ2v) is 7.59. The lowest BCUT2D eigenvalue weighted by atomic mass is 9.98. The molecule has 1 aliphatic heterocycles. The van der Waals surface area contributed by atoms with Crippen LogP contribution in [0.1, 0.15) is 32.8 Å². The van der Waals surface area contributed by atoms with Crippen molar-refractivity contribution in [1.82, 2.24) is 0 Å². The van der Waals surface area contributed by atoms with Gasteiger partial charge >= 0.3 is 5.97 Å². The van der Waals surface area contributed by atoms with Crippen molar-refractivity contribution >= 4 is 23.3 Å². The number of rotatable bonds is 8. The van der Waals surface area contributed by atoms with Gasteiger partial charge in [-0.15, -0.1) is 0 Å². The highest BCUT2D eigenvalue weighted by Crippen LogP contribution is 2.34. The first-order valence-electron chi connectivity index (χ1n) is 9.97. The van der Waals surface area contributed by atoms with Crippen LogP contribution in [0.5, 0.6) is 5.75 Å². The molecule has 2 aromatic rings. The minimum atomic E-state index is -0.675. The summed E-state index contributed by atoms with van der Waals surface area (Å²) in [6.07, 6.45) is 1.46. The van der Waals surface area contributed by atoms with Crippen LogP contribution >= 0.6 is 0 Å². The summed E-state index contributed by atoms with van der Waals surface area (Å²) in [7, 11) is 0. The van der Waals surface area contributed by atoms with Gasteiger partial charge in [-0.05, 0) is 56.5 Å². The number of fused-ring (bicyclic) bond motifs is 1. The van der Waals surface area contributed by atoms with Crippen molar-refractivity contribution < 1.29 is 19.1 Å². The van der Waals surface area contributed by atoms with Gasteiger partial charge in [-0.25, -0.2) is 4.79 Å². The van der Waals surface area contributed by atoms with E-state index < -0.39 is 11.5 Å². The highest BCUT2D eigenvalue weighted by Gasteiger charge is 2.38. The molecule has 1 N–H and O–H groups in total. The maximum Gasteiger partial charge on any atom is 0.344 e. The Hall–Kier alpha value is -3.02. The predicted octanol–water partition coefficient (Wildman–Crippen LogP) is 3.80. The fraction of sp³-hybridized carbons (Fsp3) is 0.391. The summed E-state index contributed by atoms with van der Waals surface area (Å²) in [5, 5.41) is 3.27. The summed E-state index contributed by atoms with van der Waals surface area (Å²) in [6.45, 7) is 6.38. The largest absolute Gasteiger partial charge is 0.482 e. The van der Waals surface area contributed by atoms with Crippen LogP contribution in [0.25, 0.3) is 0 Å². The van der Waals surface area contributed by atoms with E-state index in [1.807, 2.05) is 62.4 Å². The standard InChI is InChI=1S/C23H28N2O4/c1-4-17-9-7-10-18(15-17)29-16-21(26)28-14-8-13-25-20-12-6-5-11-19(20)24-23(2,3)22(25)27/h5-7,9-12,15,24H,4,8,13-14,16H2,1-3H3. The zero-order valence-corrected chi connectivity index (χ0v) is 17.2. The molecule has 154 valence electrons. The Balaban J connectivity index is 1.47. The molecular formula is C23H28N2O4. The Bertz CT molecular complexity index is 879. The smallest absolute Gasteiger partial charge is 0.344 e. The third-order valence-electron chi connectivity index (χ3n) is 4.87. The number of hydrogen-bond acceptors (Lipinski definition) is 5. The Morgan fingerprint density at radius 1 is 1.14 bits per heavy atom. The Morgan fingerprint density at radius 2 is 1.93 bits per heavy atom. The van der Waals surface area contributed by atoms with Gasteiger partial charge in [0.2, 0.25) is 0 Å². The van der Waals surface area contributed by atoms with E-state index >= 15 is 0 Å². The van der Waals surface area contributed by atoms with Crippen LogP contribution in [0.3, 0.4) is 0 Å². The SMILES string of the molecule is CCc1cccc(OCC(=O)OCCCN2C(=O)C(C)(C)Nc3ccccc32)c1. The van der Waals surface area contributed by atoms with Gasteiger partial charge in [0.1, 0.15) is 11.3 Å². The first-order valence-corrected chi connectivity index (χ1v) is 9.97. The molecule has 0 atom stereocenters. The summed E-state index contributed by atoms with van der Waals surface area (Å²) >= 11 is 0. The highest BCUT2D eigenvalue weighted by atomic mass is 16.6. The molecule has 0 spiro atoms. The van der Waals surface area contributed by atoms with Gasteiger partial charge in [0.05, 0.1) is 18.0 Å². The molecule has 0 saturated heterocycles. The van der Waals surface area contributed by atoms with Crippen molar-refractivity contribution in [3.63, 3.8) is 0 Å². The number of hydrogen-bond donors (Lipinski definition) is 1. The van der Waals surface area contributed by atoms with Crippen molar-refractivity contribution in [2.24, 2.45) is 0 Å². The highest BCUT2D eigenvalue weighted by molar-refractivity contribution is 6.07. The van der Waals surface area contributed by atoms with Gasteiger partial charge in [-0.3, -0.25) is 4.79 Å². The molecule has 6 nitrogen and oxygen atoms in total. The minimum Gasteiger partial charge on any atom is -0.482 e. The molecule has 0 saturated carbocycles. The first-order chi connectivity index (χ1) is 13.9. The molecule has 0 bridgehead atoms. The summed E-state index contributed by atoms with van der Waals surface area (Å²) in [5.41, 5.74) is 2.25. The third kappa shape index (κ3) is 5.08. The molecular weight excluding hydrogens is 368 g/mol. The second kappa shape index (κ2) is 8.99. The van der Waals surface area contributed by atoms with E-state index in [1.54, 1.807) is 4.90 Å². The lowest BCUT2D eigenvalue weighted by molar-refractivity contribution is -0.146. The second-order valence-electron chi connectivity index (χ2n) is 7.59. The number of para-hydroxylation sites is 2. The molecule has 29 heavy (non-hydrogen) atoms. The monoisotopic (exact) mass is 396 g/mol. The van der Waals surface area contributed by atoms with Gasteiger partial charge in [0.15, 0.2) is 6.61 Å². The first kappa shape index (κ1) is 20.7. The molecule has 1 heterocycles. The van der Waals surface area contributed by atoms with Crippen molar-refractivity contribution in [2.45, 2.75) is 39.2 Å². The van der Waals surface area contributed by atoms with Gasteiger partial charge in [0, 0.05) is 6.54 Å². The van der Waals surface area contributed by atoms with Gasteiger partial charge < -0.3 is 19.7 Å². The predicted molar refractivity (Wildman–Crippen MR) is 113 cm³/mol. The van der Waals surface area contributed by atoms with Gasteiger partial charge in [0.25, 0.3) is 5.91 Å². The average Bonchev–Trinajstić information content (AvgIpc) is 2.72. The molecule has 2 aromatic carbocycles. The maximum atomic E-state index is 12.8. The summed E-state index contributed by atoms with van der Waals surface area (Å²) in [5.74, 6) is 0.243. The lowest BCUT2D eigenvalue weighted by Crippen LogP contribution is -2.54. The van der Waals surface area contributed by atoms with Crippen LogP contribution < -0.4 is 15.0 Å². The van der Waals surface area contributed by atoms with Crippen LogP contribution in [0, 0.1) is 0 Å². The number of nitrogens with zero attached hydrogens (tertiary/aromatic N) is 1. The normalized spacial score (nSPS) is 14.7. The number of nitrogens with one attached hydrogen (secondary N) is 1. The summed E-state index contributed by atoms with van der Waals surface area (Å²) in [4.78, 5) is 26.5. The quantitative estimate of drug-likeness (QED) is 0.543. The summed E-state index contributed by atoms with van der Waals surface area (Å²) < 4.78 is 10.8. The summed E-state index contributed by atoms with van der Waals surface area (Å²) in [6, 6.07) is 15.4. The van der Waals surface area contributed by atoms with E-state index in [1.165, 1.54) is 0 Å². The van der Waals surface area contributed by atoms with E-state index in [2.05, 4.69) is 12.2 Å². The number of esters is 1. The zero-order valence-electron chi connectivity index (χ0n) is 17.2. The maximum absolute atomic E-state index is 12.8. The lowest BCUT2D eigenvalue weighted by Gasteiger charge is -2.39. The molecule has 1 amide bonds. The molecule has 3 rings (SSSR count). The van der Waals surface area contributed by atoms with E-state index in [0.717, 1.165) is 23.4 Å². The third-order valence-corrected chi connectivity index (χ3v) is 4.87. The van der Waals surface area contributed by atoms with Gasteiger partial charge in [-0.2, -0.15) is 0 Å². The molecule has 6 heteroatoms. The Kier molecular flexibility index (Phi) is 6.42. The Morgan fingerprint density at radius 3 is 2.72 bits per heavy atom. The fourth-order valence-corrected chi connectivity index (χ4v) is 3.32. The van der Waals surface area contributed by atoms with Crippen LogP contribution in [0.2, 0.25) is 0 Å². The minimum absolute atomic E-state index is 0.00154. The number of carbonyl (C=O) groups excluding carboxylic acids is 2. The van der Waals surface area contributed by atoms with Crippen molar-refractivity contribution in [2.75, 3.05) is 30.0 Å². The van der Waals surface area contributed by atoms with Crippen LogP contribution in [0.15, 0.2) is 48.5 Å². The van der Waals surface area contributed by atoms with Crippen molar-refractivity contribution in [3.05, 3.63) is 54.1 Å². The Labute approximate surface area is 171 Å². The molecule has 0 unspecified atom stereocenters. The number of amides is 1. The molecule has 1 aliphatic rings. The van der Waals surface area contributed by atoms with Crippen molar-refractivity contribution in [3.8, 4) is 5.75 Å². The number of carbonyl (C=O) groups is 2.